The first kappa shape index (κ1) is 12.1. The highest BCUT2D eigenvalue weighted by molar-refractivity contribution is 6.34. The van der Waals surface area contributed by atoms with Crippen LogP contribution in [-0.4, -0.2) is 33.0 Å². The third kappa shape index (κ3) is 1.77. The summed E-state index contributed by atoms with van der Waals surface area (Å²) in [6, 6.07) is 7.87. The molecule has 1 aliphatic rings. The molecule has 3 heterocycles. The Labute approximate surface area is 120 Å². The normalized spacial score (nSPS) is 17.1. The highest BCUT2D eigenvalue weighted by Crippen LogP contribution is 2.29. The summed E-state index contributed by atoms with van der Waals surface area (Å²) in [5.41, 5.74) is 0.770. The summed E-state index contributed by atoms with van der Waals surface area (Å²) in [7, 11) is 0. The molecule has 0 amide bonds. The molecule has 0 saturated carbocycles. The van der Waals surface area contributed by atoms with Gasteiger partial charge in [-0.1, -0.05) is 35.9 Å². The van der Waals surface area contributed by atoms with E-state index in [1.54, 1.807) is 4.52 Å². The van der Waals surface area contributed by atoms with Gasteiger partial charge in [0.15, 0.2) is 16.6 Å². The largest absolute Gasteiger partial charge is 0.381 e. The van der Waals surface area contributed by atoms with E-state index < -0.39 is 0 Å². The van der Waals surface area contributed by atoms with Crippen molar-refractivity contribution in [2.24, 2.45) is 0 Å². The molecule has 102 valence electrons. The zero-order chi connectivity index (χ0) is 13.5. The van der Waals surface area contributed by atoms with Gasteiger partial charge in [0.1, 0.15) is 0 Å². The van der Waals surface area contributed by atoms with Crippen LogP contribution in [0.5, 0.6) is 0 Å². The topological polar surface area (TPSA) is 52.3 Å². The lowest BCUT2D eigenvalue weighted by Crippen LogP contribution is -2.17. The van der Waals surface area contributed by atoms with Crippen LogP contribution in [0, 0.1) is 0 Å². The van der Waals surface area contributed by atoms with Crippen LogP contribution in [0.3, 0.4) is 0 Å². The van der Waals surface area contributed by atoms with Gasteiger partial charge in [-0.05, 0) is 12.8 Å². The van der Waals surface area contributed by atoms with Gasteiger partial charge in [-0.25, -0.2) is 0 Å². The highest BCUT2D eigenvalue weighted by atomic mass is 35.5. The molecule has 6 heteroatoms. The van der Waals surface area contributed by atoms with Crippen LogP contribution in [0.1, 0.15) is 24.6 Å². The van der Waals surface area contributed by atoms with E-state index in [2.05, 4.69) is 15.3 Å². The van der Waals surface area contributed by atoms with Gasteiger partial charge in [0.05, 0.1) is 0 Å². The second-order valence-corrected chi connectivity index (χ2v) is 5.37. The Bertz CT molecular complexity index is 779. The molecular weight excluding hydrogens is 276 g/mol. The first-order valence-electron chi connectivity index (χ1n) is 6.72. The Balaban J connectivity index is 1.96. The smallest absolute Gasteiger partial charge is 0.185 e. The molecule has 0 atom stereocenters. The molecule has 0 radical (unpaired) electrons. The van der Waals surface area contributed by atoms with Crippen LogP contribution in [-0.2, 0) is 4.74 Å². The third-order valence-corrected chi connectivity index (χ3v) is 4.11. The van der Waals surface area contributed by atoms with Crippen LogP contribution in [0.15, 0.2) is 24.3 Å². The van der Waals surface area contributed by atoms with Crippen molar-refractivity contribution in [3.63, 3.8) is 0 Å². The molecule has 1 aliphatic heterocycles. The van der Waals surface area contributed by atoms with E-state index in [-0.39, 0.29) is 0 Å². The van der Waals surface area contributed by atoms with Crippen molar-refractivity contribution >= 4 is 28.0 Å². The average molecular weight is 289 g/mol. The van der Waals surface area contributed by atoms with Crippen molar-refractivity contribution in [2.45, 2.75) is 18.8 Å². The Hall–Kier alpha value is -1.72. The summed E-state index contributed by atoms with van der Waals surface area (Å²) < 4.78 is 7.19. The number of fused-ring (bicyclic) bond motifs is 3. The fourth-order valence-electron chi connectivity index (χ4n) is 2.77. The van der Waals surface area contributed by atoms with Gasteiger partial charge >= 0.3 is 0 Å². The standard InChI is InChI=1S/C14H13ClN4O/c15-12-10-3-1-2-4-11(10)14-17-16-13(19(14)18-12)9-5-7-20-8-6-9/h1-4,9H,5-8H2. The first-order valence-corrected chi connectivity index (χ1v) is 7.09. The zero-order valence-electron chi connectivity index (χ0n) is 10.8. The van der Waals surface area contributed by atoms with Gasteiger partial charge in [0.2, 0.25) is 0 Å². The van der Waals surface area contributed by atoms with Crippen LogP contribution < -0.4 is 0 Å². The molecule has 1 fully saturated rings. The van der Waals surface area contributed by atoms with E-state index in [1.165, 1.54) is 0 Å². The fraction of sp³-hybridized carbons (Fsp3) is 0.357. The molecule has 1 saturated heterocycles. The number of benzene rings is 1. The number of rotatable bonds is 1. The van der Waals surface area contributed by atoms with Gasteiger partial charge < -0.3 is 4.74 Å². The number of hydrogen-bond donors (Lipinski definition) is 0. The summed E-state index contributed by atoms with van der Waals surface area (Å²) in [6.07, 6.45) is 1.90. The molecule has 0 aliphatic carbocycles. The van der Waals surface area contributed by atoms with Gasteiger partial charge in [0.25, 0.3) is 0 Å². The molecule has 0 unspecified atom stereocenters. The molecule has 0 spiro atoms. The summed E-state index contributed by atoms with van der Waals surface area (Å²) in [4.78, 5) is 0. The van der Waals surface area contributed by atoms with Crippen LogP contribution >= 0.6 is 11.6 Å². The Morgan fingerprint density at radius 2 is 1.85 bits per heavy atom. The van der Waals surface area contributed by atoms with Crippen LogP contribution in [0.2, 0.25) is 5.15 Å². The van der Waals surface area contributed by atoms with E-state index in [9.17, 15) is 0 Å². The Kier molecular flexibility index (Phi) is 2.82. The van der Waals surface area contributed by atoms with Gasteiger partial charge in [-0.3, -0.25) is 0 Å². The lowest BCUT2D eigenvalue weighted by atomic mass is 10.00. The van der Waals surface area contributed by atoms with E-state index in [0.29, 0.717) is 11.1 Å². The maximum atomic E-state index is 6.29. The van der Waals surface area contributed by atoms with E-state index in [1.807, 2.05) is 24.3 Å². The third-order valence-electron chi connectivity index (χ3n) is 3.83. The fourth-order valence-corrected chi connectivity index (χ4v) is 3.01. The minimum atomic E-state index is 0.337. The van der Waals surface area contributed by atoms with Gasteiger partial charge in [-0.2, -0.15) is 9.61 Å². The zero-order valence-corrected chi connectivity index (χ0v) is 11.5. The maximum absolute atomic E-state index is 6.29. The van der Waals surface area contributed by atoms with E-state index in [4.69, 9.17) is 16.3 Å². The van der Waals surface area contributed by atoms with Crippen molar-refractivity contribution in [3.8, 4) is 0 Å². The maximum Gasteiger partial charge on any atom is 0.185 e. The first-order chi connectivity index (χ1) is 9.84. The van der Waals surface area contributed by atoms with Crippen LogP contribution in [0.25, 0.3) is 16.4 Å². The number of halogens is 1. The molecule has 0 N–H and O–H groups in total. The Morgan fingerprint density at radius 3 is 2.65 bits per heavy atom. The van der Waals surface area contributed by atoms with Crippen molar-refractivity contribution in [3.05, 3.63) is 35.2 Å². The summed E-state index contributed by atoms with van der Waals surface area (Å²) in [5, 5.41) is 15.5. The molecule has 5 nitrogen and oxygen atoms in total. The second-order valence-electron chi connectivity index (χ2n) is 5.02. The molecule has 2 aromatic heterocycles. The molecule has 4 rings (SSSR count). The Morgan fingerprint density at radius 1 is 1.10 bits per heavy atom. The summed E-state index contributed by atoms with van der Waals surface area (Å²) in [5.74, 6) is 1.22. The molecule has 3 aromatic rings. The molecule has 20 heavy (non-hydrogen) atoms. The lowest BCUT2D eigenvalue weighted by Gasteiger charge is -2.20. The number of nitrogens with zero attached hydrogens (tertiary/aromatic N) is 4. The van der Waals surface area contributed by atoms with Gasteiger partial charge in [-0.15, -0.1) is 10.2 Å². The molecule has 0 bridgehead atoms. The number of aromatic nitrogens is 4. The predicted molar refractivity (Wildman–Crippen MR) is 76.1 cm³/mol. The quantitative estimate of drug-likeness (QED) is 0.691. The van der Waals surface area contributed by atoms with E-state index in [0.717, 1.165) is 48.3 Å². The minimum Gasteiger partial charge on any atom is -0.381 e. The van der Waals surface area contributed by atoms with Crippen molar-refractivity contribution in [1.29, 1.82) is 0 Å². The second kappa shape index (κ2) is 4.68. The molecular formula is C14H13ClN4O. The number of hydrogen-bond acceptors (Lipinski definition) is 4. The van der Waals surface area contributed by atoms with E-state index >= 15 is 0 Å². The highest BCUT2D eigenvalue weighted by Gasteiger charge is 2.23. The van der Waals surface area contributed by atoms with Crippen LogP contribution in [0.4, 0.5) is 0 Å². The monoisotopic (exact) mass is 288 g/mol. The number of ether oxygens (including phenoxy) is 1. The predicted octanol–water partition coefficient (Wildman–Crippen LogP) is 2.82. The van der Waals surface area contributed by atoms with Crippen molar-refractivity contribution in [2.75, 3.05) is 13.2 Å². The average Bonchev–Trinajstić information content (AvgIpc) is 2.92. The summed E-state index contributed by atoms with van der Waals surface area (Å²) in [6.45, 7) is 1.53. The van der Waals surface area contributed by atoms with Gasteiger partial charge in [0, 0.05) is 29.9 Å². The molecule has 1 aromatic carbocycles. The van der Waals surface area contributed by atoms with Crippen molar-refractivity contribution in [1.82, 2.24) is 19.8 Å². The SMILES string of the molecule is Clc1nn2c(C3CCOCC3)nnc2c2ccccc12. The lowest BCUT2D eigenvalue weighted by molar-refractivity contribution is 0.0831. The minimum absolute atomic E-state index is 0.337. The summed E-state index contributed by atoms with van der Waals surface area (Å²) >= 11 is 6.29. The van der Waals surface area contributed by atoms with Crippen molar-refractivity contribution < 1.29 is 4.74 Å².